The Labute approximate surface area is 81.4 Å². The van der Waals surface area contributed by atoms with Gasteiger partial charge in [0.15, 0.2) is 0 Å². The molecule has 0 aromatic heterocycles. The van der Waals surface area contributed by atoms with Crippen LogP contribution in [0.5, 0.6) is 0 Å². The SMILES string of the molecule is CCCC(C)NCC1=CCCOC1. The zero-order valence-electron chi connectivity index (χ0n) is 8.81. The molecule has 1 aliphatic rings. The topological polar surface area (TPSA) is 21.3 Å². The molecule has 0 aliphatic carbocycles. The molecule has 1 aliphatic heterocycles. The van der Waals surface area contributed by atoms with Crippen LogP contribution in [-0.2, 0) is 4.74 Å². The number of rotatable bonds is 5. The van der Waals surface area contributed by atoms with Crippen LogP contribution in [-0.4, -0.2) is 25.8 Å². The quantitative estimate of drug-likeness (QED) is 0.659. The van der Waals surface area contributed by atoms with E-state index in [0.717, 1.165) is 26.2 Å². The predicted molar refractivity (Wildman–Crippen MR) is 55.9 cm³/mol. The minimum absolute atomic E-state index is 0.632. The summed E-state index contributed by atoms with van der Waals surface area (Å²) in [5, 5.41) is 3.50. The van der Waals surface area contributed by atoms with E-state index < -0.39 is 0 Å². The first-order chi connectivity index (χ1) is 6.33. The Hall–Kier alpha value is -0.340. The van der Waals surface area contributed by atoms with Crippen molar-refractivity contribution in [2.24, 2.45) is 0 Å². The van der Waals surface area contributed by atoms with Gasteiger partial charge in [0.05, 0.1) is 13.2 Å². The number of hydrogen-bond donors (Lipinski definition) is 1. The van der Waals surface area contributed by atoms with Gasteiger partial charge in [-0.15, -0.1) is 0 Å². The Morgan fingerprint density at radius 1 is 1.62 bits per heavy atom. The van der Waals surface area contributed by atoms with E-state index >= 15 is 0 Å². The van der Waals surface area contributed by atoms with E-state index in [-0.39, 0.29) is 0 Å². The zero-order chi connectivity index (χ0) is 9.52. The lowest BCUT2D eigenvalue weighted by atomic mass is 10.1. The molecule has 1 rings (SSSR count). The summed E-state index contributed by atoms with van der Waals surface area (Å²) in [6, 6.07) is 0.632. The molecule has 0 bridgehead atoms. The normalized spacial score (nSPS) is 19.7. The van der Waals surface area contributed by atoms with Crippen LogP contribution in [0.4, 0.5) is 0 Å². The van der Waals surface area contributed by atoms with Gasteiger partial charge in [0.1, 0.15) is 0 Å². The maximum absolute atomic E-state index is 5.37. The predicted octanol–water partition coefficient (Wildman–Crippen LogP) is 2.11. The second-order valence-corrected chi connectivity index (χ2v) is 3.77. The number of hydrogen-bond acceptors (Lipinski definition) is 2. The Balaban J connectivity index is 2.13. The molecule has 1 atom stereocenters. The van der Waals surface area contributed by atoms with Crippen LogP contribution < -0.4 is 5.32 Å². The summed E-state index contributed by atoms with van der Waals surface area (Å²) in [5.74, 6) is 0. The van der Waals surface area contributed by atoms with E-state index in [4.69, 9.17) is 4.74 Å². The molecule has 0 aromatic rings. The highest BCUT2D eigenvalue weighted by Gasteiger charge is 2.05. The number of nitrogens with one attached hydrogen (secondary N) is 1. The van der Waals surface area contributed by atoms with Crippen LogP contribution in [0.3, 0.4) is 0 Å². The second kappa shape index (κ2) is 6.17. The first-order valence-electron chi connectivity index (χ1n) is 5.32. The van der Waals surface area contributed by atoms with Crippen LogP contribution in [0, 0.1) is 0 Å². The van der Waals surface area contributed by atoms with Crippen LogP contribution >= 0.6 is 0 Å². The average Bonchev–Trinajstić information content (AvgIpc) is 2.17. The highest BCUT2D eigenvalue weighted by molar-refractivity contribution is 5.06. The first kappa shape index (κ1) is 10.7. The third-order valence-electron chi connectivity index (χ3n) is 2.38. The van der Waals surface area contributed by atoms with E-state index in [2.05, 4.69) is 25.2 Å². The molecule has 1 unspecified atom stereocenters. The average molecular weight is 183 g/mol. The largest absolute Gasteiger partial charge is 0.377 e. The summed E-state index contributed by atoms with van der Waals surface area (Å²) < 4.78 is 5.37. The van der Waals surface area contributed by atoms with Crippen molar-refractivity contribution in [3.05, 3.63) is 11.6 Å². The van der Waals surface area contributed by atoms with Gasteiger partial charge in [-0.1, -0.05) is 19.4 Å². The summed E-state index contributed by atoms with van der Waals surface area (Å²) >= 11 is 0. The molecule has 76 valence electrons. The maximum atomic E-state index is 5.37. The summed E-state index contributed by atoms with van der Waals surface area (Å²) in [6.07, 6.45) is 5.90. The smallest absolute Gasteiger partial charge is 0.0689 e. The molecule has 0 fully saturated rings. The fraction of sp³-hybridized carbons (Fsp3) is 0.818. The maximum Gasteiger partial charge on any atom is 0.0689 e. The van der Waals surface area contributed by atoms with Gasteiger partial charge < -0.3 is 10.1 Å². The monoisotopic (exact) mass is 183 g/mol. The molecule has 0 saturated heterocycles. The van der Waals surface area contributed by atoms with Gasteiger partial charge in [-0.05, 0) is 25.3 Å². The molecule has 1 N–H and O–H groups in total. The highest BCUT2D eigenvalue weighted by atomic mass is 16.5. The molecule has 0 spiro atoms. The molecular formula is C11H21NO. The highest BCUT2D eigenvalue weighted by Crippen LogP contribution is 2.05. The van der Waals surface area contributed by atoms with Crippen molar-refractivity contribution in [1.29, 1.82) is 0 Å². The van der Waals surface area contributed by atoms with Crippen LogP contribution in [0.25, 0.3) is 0 Å². The van der Waals surface area contributed by atoms with E-state index in [1.807, 2.05) is 0 Å². The molecule has 2 nitrogen and oxygen atoms in total. The first-order valence-corrected chi connectivity index (χ1v) is 5.32. The van der Waals surface area contributed by atoms with Crippen LogP contribution in [0.15, 0.2) is 11.6 Å². The molecular weight excluding hydrogens is 162 g/mol. The van der Waals surface area contributed by atoms with E-state index in [0.29, 0.717) is 6.04 Å². The summed E-state index contributed by atoms with van der Waals surface area (Å²) in [4.78, 5) is 0. The van der Waals surface area contributed by atoms with E-state index in [9.17, 15) is 0 Å². The van der Waals surface area contributed by atoms with E-state index in [1.165, 1.54) is 18.4 Å². The molecule has 0 amide bonds. The molecule has 0 aromatic carbocycles. The fourth-order valence-corrected chi connectivity index (χ4v) is 1.57. The van der Waals surface area contributed by atoms with Gasteiger partial charge in [-0.2, -0.15) is 0 Å². The molecule has 0 saturated carbocycles. The summed E-state index contributed by atoms with van der Waals surface area (Å²) in [7, 11) is 0. The van der Waals surface area contributed by atoms with Gasteiger partial charge in [0.2, 0.25) is 0 Å². The van der Waals surface area contributed by atoms with Gasteiger partial charge in [-0.25, -0.2) is 0 Å². The molecule has 1 heterocycles. The van der Waals surface area contributed by atoms with Gasteiger partial charge in [0, 0.05) is 12.6 Å². The summed E-state index contributed by atoms with van der Waals surface area (Å²) in [5.41, 5.74) is 1.41. The minimum Gasteiger partial charge on any atom is -0.377 e. The summed E-state index contributed by atoms with van der Waals surface area (Å²) in [6.45, 7) is 7.19. The fourth-order valence-electron chi connectivity index (χ4n) is 1.57. The third kappa shape index (κ3) is 4.44. The lowest BCUT2D eigenvalue weighted by Crippen LogP contribution is -2.29. The Morgan fingerprint density at radius 2 is 2.46 bits per heavy atom. The van der Waals surface area contributed by atoms with Crippen molar-refractivity contribution in [2.45, 2.75) is 39.2 Å². The Morgan fingerprint density at radius 3 is 3.08 bits per heavy atom. The van der Waals surface area contributed by atoms with Crippen LogP contribution in [0.1, 0.15) is 33.1 Å². The molecule has 2 heteroatoms. The van der Waals surface area contributed by atoms with E-state index in [1.54, 1.807) is 0 Å². The standard InChI is InChI=1S/C11H21NO/c1-3-5-10(2)12-8-11-6-4-7-13-9-11/h6,10,12H,3-5,7-9H2,1-2H3. The van der Waals surface area contributed by atoms with Crippen LogP contribution in [0.2, 0.25) is 0 Å². The number of ether oxygens (including phenoxy) is 1. The van der Waals surface area contributed by atoms with Crippen molar-refractivity contribution in [3.63, 3.8) is 0 Å². The zero-order valence-corrected chi connectivity index (χ0v) is 8.81. The van der Waals surface area contributed by atoms with Crippen molar-refractivity contribution in [1.82, 2.24) is 5.32 Å². The van der Waals surface area contributed by atoms with Gasteiger partial charge >= 0.3 is 0 Å². The molecule has 0 radical (unpaired) electrons. The Kier molecular flexibility index (Phi) is 5.09. The van der Waals surface area contributed by atoms with Gasteiger partial charge in [-0.3, -0.25) is 0 Å². The third-order valence-corrected chi connectivity index (χ3v) is 2.38. The second-order valence-electron chi connectivity index (χ2n) is 3.77. The molecule has 13 heavy (non-hydrogen) atoms. The Bertz CT molecular complexity index is 165. The van der Waals surface area contributed by atoms with Gasteiger partial charge in [0.25, 0.3) is 0 Å². The van der Waals surface area contributed by atoms with Crippen molar-refractivity contribution < 1.29 is 4.74 Å². The van der Waals surface area contributed by atoms with Crippen molar-refractivity contribution >= 4 is 0 Å². The minimum atomic E-state index is 0.632. The van der Waals surface area contributed by atoms with Crippen molar-refractivity contribution in [2.75, 3.05) is 19.8 Å². The lowest BCUT2D eigenvalue weighted by Gasteiger charge is -2.17. The lowest BCUT2D eigenvalue weighted by molar-refractivity contribution is 0.148. The van der Waals surface area contributed by atoms with Crippen molar-refractivity contribution in [3.8, 4) is 0 Å².